The number of aromatic nitrogens is 1. The van der Waals surface area contributed by atoms with Gasteiger partial charge < -0.3 is 14.4 Å². The Morgan fingerprint density at radius 2 is 1.68 bits per heavy atom. The van der Waals surface area contributed by atoms with E-state index in [1.165, 1.54) is 11.3 Å². The molecule has 6 nitrogen and oxygen atoms in total. The molecule has 0 aliphatic rings. The van der Waals surface area contributed by atoms with Crippen LogP contribution in [0.3, 0.4) is 0 Å². The molecule has 0 radical (unpaired) electrons. The molecule has 152 valence electrons. The molecule has 0 unspecified atom stereocenters. The van der Waals surface area contributed by atoms with Gasteiger partial charge in [-0.25, -0.2) is 9.78 Å². The lowest BCUT2D eigenvalue weighted by atomic mass is 10.1. The van der Waals surface area contributed by atoms with Crippen molar-refractivity contribution in [3.8, 4) is 16.3 Å². The smallest absolute Gasteiger partial charge is 0.358 e. The van der Waals surface area contributed by atoms with Gasteiger partial charge in [-0.15, -0.1) is 11.3 Å². The first-order valence-corrected chi connectivity index (χ1v) is 10.2. The number of rotatable bonds is 9. The highest BCUT2D eigenvalue weighted by Crippen LogP contribution is 2.26. The zero-order chi connectivity index (χ0) is 20.7. The third kappa shape index (κ3) is 6.34. The number of nitrogens with zero attached hydrogens (tertiary/aromatic N) is 2. The molecule has 1 amide bonds. The van der Waals surface area contributed by atoms with Gasteiger partial charge in [0.05, 0.1) is 7.11 Å². The molecular formula is C21H28N2O4S. The highest BCUT2D eigenvalue weighted by molar-refractivity contribution is 7.13. The zero-order valence-electron chi connectivity index (χ0n) is 17.1. The molecule has 0 N–H and O–H groups in total. The number of carbonyl (C=O) groups is 2. The predicted molar refractivity (Wildman–Crippen MR) is 111 cm³/mol. The molecule has 0 fully saturated rings. The van der Waals surface area contributed by atoms with Gasteiger partial charge in [0, 0.05) is 24.0 Å². The number of carbonyl (C=O) groups excluding carboxylic acids is 2. The molecular weight excluding hydrogens is 376 g/mol. The van der Waals surface area contributed by atoms with Crippen molar-refractivity contribution < 1.29 is 19.1 Å². The van der Waals surface area contributed by atoms with Crippen molar-refractivity contribution in [2.24, 2.45) is 11.8 Å². The molecule has 1 aromatic carbocycles. The summed E-state index contributed by atoms with van der Waals surface area (Å²) in [6.45, 7) is 9.25. The molecule has 0 saturated heterocycles. The summed E-state index contributed by atoms with van der Waals surface area (Å²) in [5, 5.41) is 2.36. The number of ether oxygens (including phenoxy) is 2. The Bertz CT molecular complexity index is 774. The molecule has 1 aromatic heterocycles. The van der Waals surface area contributed by atoms with E-state index in [4.69, 9.17) is 9.47 Å². The Labute approximate surface area is 170 Å². The number of hydrogen-bond acceptors (Lipinski definition) is 6. The van der Waals surface area contributed by atoms with Crippen LogP contribution in [-0.4, -0.2) is 48.6 Å². The second kappa shape index (κ2) is 10.2. The SMILES string of the molecule is COc1ccc(-c2nc(C(=O)OCC(=O)N(CC(C)C)CC(C)C)cs2)cc1. The number of thiazole rings is 1. The summed E-state index contributed by atoms with van der Waals surface area (Å²) in [7, 11) is 1.61. The quantitative estimate of drug-likeness (QED) is 0.588. The van der Waals surface area contributed by atoms with E-state index in [2.05, 4.69) is 32.7 Å². The van der Waals surface area contributed by atoms with E-state index in [-0.39, 0.29) is 18.2 Å². The van der Waals surface area contributed by atoms with E-state index in [1.807, 2.05) is 24.3 Å². The predicted octanol–water partition coefficient (Wildman–Crippen LogP) is 4.12. The minimum Gasteiger partial charge on any atom is -0.497 e. The van der Waals surface area contributed by atoms with Gasteiger partial charge in [0.15, 0.2) is 12.3 Å². The maximum atomic E-state index is 12.5. The lowest BCUT2D eigenvalue weighted by Crippen LogP contribution is -2.39. The second-order valence-electron chi connectivity index (χ2n) is 7.43. The monoisotopic (exact) mass is 404 g/mol. The van der Waals surface area contributed by atoms with E-state index < -0.39 is 5.97 Å². The van der Waals surface area contributed by atoms with Crippen LogP contribution in [0.25, 0.3) is 10.6 Å². The summed E-state index contributed by atoms with van der Waals surface area (Å²) in [5.74, 6) is 0.693. The van der Waals surface area contributed by atoms with Crippen molar-refractivity contribution in [1.29, 1.82) is 0 Å². The summed E-state index contributed by atoms with van der Waals surface area (Å²) in [5.41, 5.74) is 1.10. The third-order valence-corrected chi connectivity index (χ3v) is 4.79. The highest BCUT2D eigenvalue weighted by atomic mass is 32.1. The van der Waals surface area contributed by atoms with Crippen molar-refractivity contribution >= 4 is 23.2 Å². The molecule has 0 saturated carbocycles. The molecule has 2 rings (SSSR count). The Kier molecular flexibility index (Phi) is 7.99. The average molecular weight is 405 g/mol. The fraction of sp³-hybridized carbons (Fsp3) is 0.476. The van der Waals surface area contributed by atoms with E-state index >= 15 is 0 Å². The minimum absolute atomic E-state index is 0.179. The lowest BCUT2D eigenvalue weighted by molar-refractivity contribution is -0.135. The highest BCUT2D eigenvalue weighted by Gasteiger charge is 2.20. The largest absolute Gasteiger partial charge is 0.497 e. The topological polar surface area (TPSA) is 68.7 Å². The number of amides is 1. The number of benzene rings is 1. The fourth-order valence-electron chi connectivity index (χ4n) is 2.69. The second-order valence-corrected chi connectivity index (χ2v) is 8.29. The van der Waals surface area contributed by atoms with Crippen LogP contribution >= 0.6 is 11.3 Å². The van der Waals surface area contributed by atoms with Crippen LogP contribution in [0.1, 0.15) is 38.2 Å². The molecule has 1 heterocycles. The lowest BCUT2D eigenvalue weighted by Gasteiger charge is -2.26. The van der Waals surface area contributed by atoms with Crippen molar-refractivity contribution in [3.63, 3.8) is 0 Å². The van der Waals surface area contributed by atoms with Crippen LogP contribution in [0.2, 0.25) is 0 Å². The molecule has 0 bridgehead atoms. The fourth-order valence-corrected chi connectivity index (χ4v) is 3.48. The molecule has 0 aliphatic heterocycles. The van der Waals surface area contributed by atoms with Crippen LogP contribution < -0.4 is 4.74 Å². The van der Waals surface area contributed by atoms with E-state index in [1.54, 1.807) is 17.4 Å². The number of hydrogen-bond donors (Lipinski definition) is 0. The molecule has 0 atom stereocenters. The molecule has 7 heteroatoms. The average Bonchev–Trinajstić information content (AvgIpc) is 3.15. The van der Waals surface area contributed by atoms with Crippen molar-refractivity contribution in [3.05, 3.63) is 35.3 Å². The Balaban J connectivity index is 1.96. The van der Waals surface area contributed by atoms with Gasteiger partial charge in [0.2, 0.25) is 0 Å². The van der Waals surface area contributed by atoms with E-state index in [0.717, 1.165) is 11.3 Å². The number of methoxy groups -OCH3 is 1. The van der Waals surface area contributed by atoms with E-state index in [9.17, 15) is 9.59 Å². The number of esters is 1. The van der Waals surface area contributed by atoms with Crippen molar-refractivity contribution in [2.45, 2.75) is 27.7 Å². The van der Waals surface area contributed by atoms with Gasteiger partial charge in [0.25, 0.3) is 5.91 Å². The van der Waals surface area contributed by atoms with Crippen LogP contribution in [0.4, 0.5) is 0 Å². The standard InChI is InChI=1S/C21H28N2O4S/c1-14(2)10-23(11-15(3)4)19(24)12-27-21(25)18-13-28-20(22-18)16-6-8-17(26-5)9-7-16/h6-9,13-15H,10-12H2,1-5H3. The van der Waals surface area contributed by atoms with Gasteiger partial charge in [0.1, 0.15) is 10.8 Å². The van der Waals surface area contributed by atoms with Gasteiger partial charge in [-0.05, 0) is 36.1 Å². The van der Waals surface area contributed by atoms with Crippen LogP contribution in [-0.2, 0) is 9.53 Å². The van der Waals surface area contributed by atoms with Crippen molar-refractivity contribution in [2.75, 3.05) is 26.8 Å². The molecule has 28 heavy (non-hydrogen) atoms. The zero-order valence-corrected chi connectivity index (χ0v) is 17.9. The first kappa shape index (κ1) is 21.9. The van der Waals surface area contributed by atoms with E-state index in [0.29, 0.717) is 29.9 Å². The minimum atomic E-state index is -0.585. The first-order chi connectivity index (χ1) is 13.3. The summed E-state index contributed by atoms with van der Waals surface area (Å²) < 4.78 is 10.4. The molecule has 0 spiro atoms. The summed E-state index contributed by atoms with van der Waals surface area (Å²) >= 11 is 1.35. The summed E-state index contributed by atoms with van der Waals surface area (Å²) in [4.78, 5) is 30.8. The first-order valence-electron chi connectivity index (χ1n) is 9.35. The van der Waals surface area contributed by atoms with Crippen LogP contribution in [0.5, 0.6) is 5.75 Å². The normalized spacial score (nSPS) is 11.0. The van der Waals surface area contributed by atoms with Gasteiger partial charge in [-0.3, -0.25) is 4.79 Å². The van der Waals surface area contributed by atoms with Crippen molar-refractivity contribution in [1.82, 2.24) is 9.88 Å². The van der Waals surface area contributed by atoms with Gasteiger partial charge >= 0.3 is 5.97 Å². The summed E-state index contributed by atoms with van der Waals surface area (Å²) in [6, 6.07) is 7.44. The third-order valence-electron chi connectivity index (χ3n) is 3.90. The van der Waals surface area contributed by atoms with Crippen LogP contribution in [0.15, 0.2) is 29.6 Å². The van der Waals surface area contributed by atoms with Gasteiger partial charge in [-0.1, -0.05) is 27.7 Å². The Morgan fingerprint density at radius 3 is 2.21 bits per heavy atom. The Morgan fingerprint density at radius 1 is 1.07 bits per heavy atom. The molecule has 0 aliphatic carbocycles. The van der Waals surface area contributed by atoms with Crippen LogP contribution in [0, 0.1) is 11.8 Å². The molecule has 2 aromatic rings. The Hall–Kier alpha value is -2.41. The maximum Gasteiger partial charge on any atom is 0.358 e. The maximum absolute atomic E-state index is 12.5. The summed E-state index contributed by atoms with van der Waals surface area (Å²) in [6.07, 6.45) is 0. The van der Waals surface area contributed by atoms with Gasteiger partial charge in [-0.2, -0.15) is 0 Å².